The SMILES string of the molecule is CC(C)c1ccc(OCCCCn2c(C3CC(=O)N(c4ccccc4)C3)nc3ccccc32)cc1. The summed E-state index contributed by atoms with van der Waals surface area (Å²) in [5, 5.41) is 0. The lowest BCUT2D eigenvalue weighted by Gasteiger charge is -2.17. The molecule has 1 aliphatic rings. The largest absolute Gasteiger partial charge is 0.494 e. The Kier molecular flexibility index (Phi) is 6.84. The molecule has 0 saturated carbocycles. The van der Waals surface area contributed by atoms with Crippen molar-refractivity contribution in [2.45, 2.75) is 51.5 Å². The third kappa shape index (κ3) is 5.09. The van der Waals surface area contributed by atoms with Gasteiger partial charge in [0.05, 0.1) is 17.6 Å². The first kappa shape index (κ1) is 23.2. The number of nitrogens with zero attached hydrogens (tertiary/aromatic N) is 3. The number of aromatic nitrogens is 2. The first-order valence-electron chi connectivity index (χ1n) is 12.6. The fourth-order valence-corrected chi connectivity index (χ4v) is 4.89. The van der Waals surface area contributed by atoms with Crippen LogP contribution in [0.4, 0.5) is 5.69 Å². The van der Waals surface area contributed by atoms with Crippen molar-refractivity contribution >= 4 is 22.6 Å². The van der Waals surface area contributed by atoms with Crippen LogP contribution in [0.3, 0.4) is 0 Å². The molecule has 0 bridgehead atoms. The highest BCUT2D eigenvalue weighted by molar-refractivity contribution is 5.96. The minimum absolute atomic E-state index is 0.0887. The molecule has 1 aromatic heterocycles. The molecule has 2 heterocycles. The van der Waals surface area contributed by atoms with Crippen LogP contribution in [-0.2, 0) is 11.3 Å². The van der Waals surface area contributed by atoms with Crippen LogP contribution in [-0.4, -0.2) is 28.6 Å². The highest BCUT2D eigenvalue weighted by atomic mass is 16.5. The van der Waals surface area contributed by atoms with Crippen molar-refractivity contribution in [2.75, 3.05) is 18.1 Å². The van der Waals surface area contributed by atoms with E-state index in [9.17, 15) is 4.79 Å². The van der Waals surface area contributed by atoms with Crippen LogP contribution in [0.25, 0.3) is 11.0 Å². The van der Waals surface area contributed by atoms with Crippen molar-refractivity contribution in [1.29, 1.82) is 0 Å². The van der Waals surface area contributed by atoms with Crippen LogP contribution < -0.4 is 9.64 Å². The molecule has 0 N–H and O–H groups in total. The van der Waals surface area contributed by atoms with Crippen molar-refractivity contribution in [1.82, 2.24) is 9.55 Å². The van der Waals surface area contributed by atoms with Gasteiger partial charge in [-0.3, -0.25) is 4.79 Å². The summed E-state index contributed by atoms with van der Waals surface area (Å²) < 4.78 is 8.30. The molecule has 1 unspecified atom stereocenters. The van der Waals surface area contributed by atoms with Gasteiger partial charge in [-0.15, -0.1) is 0 Å². The topological polar surface area (TPSA) is 47.4 Å². The molecule has 1 atom stereocenters. The van der Waals surface area contributed by atoms with Gasteiger partial charge >= 0.3 is 0 Å². The van der Waals surface area contributed by atoms with Crippen molar-refractivity contribution in [3.8, 4) is 5.75 Å². The van der Waals surface area contributed by atoms with E-state index in [4.69, 9.17) is 9.72 Å². The number of hydrogen-bond acceptors (Lipinski definition) is 3. The molecule has 5 heteroatoms. The first-order chi connectivity index (χ1) is 17.1. The molecular weight excluding hydrogens is 434 g/mol. The van der Waals surface area contributed by atoms with Gasteiger partial charge in [-0.05, 0) is 60.7 Å². The van der Waals surface area contributed by atoms with Crippen LogP contribution in [0.15, 0.2) is 78.9 Å². The summed E-state index contributed by atoms with van der Waals surface area (Å²) >= 11 is 0. The van der Waals surface area contributed by atoms with Crippen LogP contribution in [0.1, 0.15) is 56.3 Å². The number of rotatable bonds is 9. The lowest BCUT2D eigenvalue weighted by molar-refractivity contribution is -0.117. The molecule has 4 aromatic rings. The fraction of sp³-hybridized carbons (Fsp3) is 0.333. The number of carbonyl (C=O) groups is 1. The summed E-state index contributed by atoms with van der Waals surface area (Å²) in [6, 6.07) is 26.6. The molecule has 1 fully saturated rings. The van der Waals surface area contributed by atoms with E-state index in [0.29, 0.717) is 25.5 Å². The summed E-state index contributed by atoms with van der Waals surface area (Å²) in [5.41, 5.74) is 4.42. The Bertz CT molecular complexity index is 1280. The van der Waals surface area contributed by atoms with E-state index >= 15 is 0 Å². The number of fused-ring (bicyclic) bond motifs is 1. The monoisotopic (exact) mass is 467 g/mol. The van der Waals surface area contributed by atoms with Gasteiger partial charge in [0, 0.05) is 31.1 Å². The van der Waals surface area contributed by atoms with Crippen LogP contribution in [0.2, 0.25) is 0 Å². The van der Waals surface area contributed by atoms with E-state index in [2.05, 4.69) is 60.9 Å². The molecular formula is C30H33N3O2. The molecule has 1 amide bonds. The quantitative estimate of drug-likeness (QED) is 0.263. The molecule has 5 nitrogen and oxygen atoms in total. The van der Waals surface area contributed by atoms with Gasteiger partial charge in [-0.1, -0.05) is 56.3 Å². The number of imidazole rings is 1. The minimum atomic E-state index is 0.0887. The molecule has 180 valence electrons. The molecule has 0 spiro atoms. The third-order valence-electron chi connectivity index (χ3n) is 6.83. The predicted octanol–water partition coefficient (Wildman–Crippen LogP) is 6.54. The Morgan fingerprint density at radius 1 is 0.943 bits per heavy atom. The van der Waals surface area contributed by atoms with Gasteiger partial charge in [0.25, 0.3) is 0 Å². The zero-order chi connectivity index (χ0) is 24.2. The Morgan fingerprint density at radius 3 is 2.46 bits per heavy atom. The van der Waals surface area contributed by atoms with Crippen molar-refractivity contribution in [3.05, 3.63) is 90.3 Å². The molecule has 1 aliphatic heterocycles. The number of anilines is 1. The number of unbranched alkanes of at least 4 members (excludes halogenated alkanes) is 1. The molecule has 5 rings (SSSR count). The third-order valence-corrected chi connectivity index (χ3v) is 6.83. The molecule has 1 saturated heterocycles. The second-order valence-corrected chi connectivity index (χ2v) is 9.63. The van der Waals surface area contributed by atoms with Crippen LogP contribution in [0.5, 0.6) is 5.75 Å². The maximum atomic E-state index is 12.8. The smallest absolute Gasteiger partial charge is 0.227 e. The second kappa shape index (κ2) is 10.3. The van der Waals surface area contributed by atoms with Gasteiger partial charge in [-0.2, -0.15) is 0 Å². The van der Waals surface area contributed by atoms with E-state index in [1.807, 2.05) is 41.3 Å². The standard InChI is InChI=1S/C30H33N3O2/c1-22(2)23-14-16-26(17-15-23)35-19-9-8-18-32-28-13-7-6-12-27(28)31-30(32)24-20-29(34)33(21-24)25-10-4-3-5-11-25/h3-7,10-17,22,24H,8-9,18-21H2,1-2H3. The molecule has 0 radical (unpaired) electrons. The summed E-state index contributed by atoms with van der Waals surface area (Å²) in [7, 11) is 0. The summed E-state index contributed by atoms with van der Waals surface area (Å²) in [6.07, 6.45) is 2.44. The van der Waals surface area contributed by atoms with Gasteiger partial charge in [0.15, 0.2) is 0 Å². The zero-order valence-electron chi connectivity index (χ0n) is 20.6. The van der Waals surface area contributed by atoms with E-state index in [1.54, 1.807) is 0 Å². The maximum Gasteiger partial charge on any atom is 0.227 e. The van der Waals surface area contributed by atoms with E-state index in [1.165, 1.54) is 5.56 Å². The molecule has 3 aromatic carbocycles. The normalized spacial score (nSPS) is 15.9. The van der Waals surface area contributed by atoms with Crippen LogP contribution in [0, 0.1) is 0 Å². The number of benzene rings is 3. The number of carbonyl (C=O) groups excluding carboxylic acids is 1. The van der Waals surface area contributed by atoms with Crippen molar-refractivity contribution < 1.29 is 9.53 Å². The number of ether oxygens (including phenoxy) is 1. The Hall–Kier alpha value is -3.60. The maximum absolute atomic E-state index is 12.8. The van der Waals surface area contributed by atoms with E-state index < -0.39 is 0 Å². The Balaban J connectivity index is 1.25. The first-order valence-corrected chi connectivity index (χ1v) is 12.6. The van der Waals surface area contributed by atoms with E-state index in [0.717, 1.165) is 47.7 Å². The summed E-state index contributed by atoms with van der Waals surface area (Å²) in [4.78, 5) is 19.7. The minimum Gasteiger partial charge on any atom is -0.494 e. The Labute approximate surface area is 207 Å². The van der Waals surface area contributed by atoms with Crippen molar-refractivity contribution in [2.24, 2.45) is 0 Å². The lowest BCUT2D eigenvalue weighted by Crippen LogP contribution is -2.24. The van der Waals surface area contributed by atoms with Crippen molar-refractivity contribution in [3.63, 3.8) is 0 Å². The predicted molar refractivity (Wildman–Crippen MR) is 141 cm³/mol. The summed E-state index contributed by atoms with van der Waals surface area (Å²) in [5.74, 6) is 2.72. The summed E-state index contributed by atoms with van der Waals surface area (Å²) in [6.45, 7) is 6.62. The zero-order valence-corrected chi connectivity index (χ0v) is 20.6. The lowest BCUT2D eigenvalue weighted by atomic mass is 10.0. The second-order valence-electron chi connectivity index (χ2n) is 9.63. The average molecular weight is 468 g/mol. The average Bonchev–Trinajstić information content (AvgIpc) is 3.45. The number of amides is 1. The van der Waals surface area contributed by atoms with Gasteiger partial charge in [0.1, 0.15) is 11.6 Å². The van der Waals surface area contributed by atoms with Crippen LogP contribution >= 0.6 is 0 Å². The van der Waals surface area contributed by atoms with Gasteiger partial charge < -0.3 is 14.2 Å². The van der Waals surface area contributed by atoms with Gasteiger partial charge in [0.2, 0.25) is 5.91 Å². The number of hydrogen-bond donors (Lipinski definition) is 0. The van der Waals surface area contributed by atoms with E-state index in [-0.39, 0.29) is 11.8 Å². The Morgan fingerprint density at radius 2 is 1.69 bits per heavy atom. The highest BCUT2D eigenvalue weighted by Crippen LogP contribution is 2.33. The molecule has 35 heavy (non-hydrogen) atoms. The van der Waals surface area contributed by atoms with Gasteiger partial charge in [-0.25, -0.2) is 4.98 Å². The number of aryl methyl sites for hydroxylation is 1. The highest BCUT2D eigenvalue weighted by Gasteiger charge is 2.34. The fourth-order valence-electron chi connectivity index (χ4n) is 4.89. The number of para-hydroxylation sites is 3. The molecule has 0 aliphatic carbocycles.